The molecular weight excluding hydrogens is 226 g/mol. The van der Waals surface area contributed by atoms with Gasteiger partial charge in [0, 0.05) is 6.92 Å². The first-order valence-electron chi connectivity index (χ1n) is 4.37. The van der Waals surface area contributed by atoms with Gasteiger partial charge in [-0.05, 0) is 18.6 Å². The number of halogens is 4. The van der Waals surface area contributed by atoms with E-state index in [1.54, 1.807) is 0 Å². The smallest absolute Gasteiger partial charge is 0.324 e. The summed E-state index contributed by atoms with van der Waals surface area (Å²) in [5.74, 6) is -2.08. The Kier molecular flexibility index (Phi) is 3.21. The number of aryl methyl sites for hydroxylation is 1. The highest BCUT2D eigenvalue weighted by atomic mass is 19.4. The molecule has 0 unspecified atom stereocenters. The Bertz CT molecular complexity index is 426. The number of carbonyl (C=O) groups excluding carboxylic acids is 1. The monoisotopic (exact) mass is 235 g/mol. The van der Waals surface area contributed by atoms with Crippen LogP contribution in [0.4, 0.5) is 23.2 Å². The summed E-state index contributed by atoms with van der Waals surface area (Å²) in [4.78, 5) is 10.7. The zero-order chi connectivity index (χ0) is 12.5. The third kappa shape index (κ3) is 2.50. The van der Waals surface area contributed by atoms with Crippen LogP contribution in [-0.2, 0) is 11.0 Å². The molecule has 1 aromatic carbocycles. The van der Waals surface area contributed by atoms with Crippen molar-refractivity contribution in [2.75, 3.05) is 5.32 Å². The normalized spacial score (nSPS) is 11.4. The number of rotatable bonds is 1. The van der Waals surface area contributed by atoms with Crippen LogP contribution in [0.2, 0.25) is 0 Å². The molecular formula is C10H9F4NO. The van der Waals surface area contributed by atoms with Gasteiger partial charge in [0.15, 0.2) is 5.82 Å². The molecule has 16 heavy (non-hydrogen) atoms. The molecule has 1 rings (SSSR count). The van der Waals surface area contributed by atoms with Gasteiger partial charge in [0.2, 0.25) is 5.91 Å². The van der Waals surface area contributed by atoms with Gasteiger partial charge in [0.05, 0.1) is 11.3 Å². The second-order valence-electron chi connectivity index (χ2n) is 3.30. The Labute approximate surface area is 89.3 Å². The number of benzene rings is 1. The van der Waals surface area contributed by atoms with Gasteiger partial charge < -0.3 is 5.32 Å². The minimum atomic E-state index is -4.78. The van der Waals surface area contributed by atoms with Gasteiger partial charge in [0.1, 0.15) is 0 Å². The second kappa shape index (κ2) is 4.11. The average Bonchev–Trinajstić information content (AvgIpc) is 2.07. The first-order valence-corrected chi connectivity index (χ1v) is 4.37. The molecule has 0 fully saturated rings. The summed E-state index contributed by atoms with van der Waals surface area (Å²) < 4.78 is 50.9. The van der Waals surface area contributed by atoms with Crippen LogP contribution in [0.25, 0.3) is 0 Å². The van der Waals surface area contributed by atoms with Gasteiger partial charge >= 0.3 is 6.18 Å². The number of hydrogen-bond acceptors (Lipinski definition) is 1. The molecule has 88 valence electrons. The van der Waals surface area contributed by atoms with E-state index in [0.717, 1.165) is 26.0 Å². The van der Waals surface area contributed by atoms with E-state index in [1.807, 2.05) is 5.32 Å². The number of hydrogen-bond donors (Lipinski definition) is 1. The summed E-state index contributed by atoms with van der Waals surface area (Å²) in [5, 5.41) is 2.00. The number of alkyl halides is 3. The standard InChI is InChI=1S/C10H9F4NO/c1-5-3-4-7(15-6(2)16)9(11)8(5)10(12,13)14/h3-4H,1-2H3,(H,15,16). The van der Waals surface area contributed by atoms with Gasteiger partial charge in [-0.25, -0.2) is 4.39 Å². The third-order valence-corrected chi connectivity index (χ3v) is 1.94. The van der Waals surface area contributed by atoms with Gasteiger partial charge in [-0.3, -0.25) is 4.79 Å². The highest BCUT2D eigenvalue weighted by molar-refractivity contribution is 5.89. The summed E-state index contributed by atoms with van der Waals surface area (Å²) in [6, 6.07) is 2.21. The molecule has 0 aliphatic heterocycles. The first-order chi connectivity index (χ1) is 7.23. The fourth-order valence-corrected chi connectivity index (χ4v) is 1.31. The van der Waals surface area contributed by atoms with E-state index < -0.39 is 29.2 Å². The van der Waals surface area contributed by atoms with Crippen molar-refractivity contribution in [2.24, 2.45) is 0 Å². The van der Waals surface area contributed by atoms with Crippen LogP contribution in [0.5, 0.6) is 0 Å². The summed E-state index contributed by atoms with van der Waals surface area (Å²) in [6.07, 6.45) is -4.78. The van der Waals surface area contributed by atoms with E-state index >= 15 is 0 Å². The molecule has 0 heterocycles. The largest absolute Gasteiger partial charge is 0.419 e. The molecule has 0 saturated heterocycles. The van der Waals surface area contributed by atoms with Crippen LogP contribution >= 0.6 is 0 Å². The number of amides is 1. The Morgan fingerprint density at radius 2 is 1.88 bits per heavy atom. The predicted molar refractivity (Wildman–Crippen MR) is 50.4 cm³/mol. The second-order valence-corrected chi connectivity index (χ2v) is 3.30. The quantitative estimate of drug-likeness (QED) is 0.744. The fourth-order valence-electron chi connectivity index (χ4n) is 1.31. The predicted octanol–water partition coefficient (Wildman–Crippen LogP) is 3.11. The van der Waals surface area contributed by atoms with Crippen molar-refractivity contribution < 1.29 is 22.4 Å². The topological polar surface area (TPSA) is 29.1 Å². The maximum absolute atomic E-state index is 13.5. The number of carbonyl (C=O) groups is 1. The van der Waals surface area contributed by atoms with Crippen LogP contribution < -0.4 is 5.32 Å². The number of anilines is 1. The van der Waals surface area contributed by atoms with Gasteiger partial charge in [-0.2, -0.15) is 13.2 Å². The fraction of sp³-hybridized carbons (Fsp3) is 0.300. The maximum atomic E-state index is 13.5. The van der Waals surface area contributed by atoms with Crippen LogP contribution in [0, 0.1) is 12.7 Å². The molecule has 0 aliphatic rings. The van der Waals surface area contributed by atoms with E-state index in [0.29, 0.717) is 0 Å². The molecule has 0 spiro atoms. The lowest BCUT2D eigenvalue weighted by atomic mass is 10.1. The Balaban J connectivity index is 3.33. The van der Waals surface area contributed by atoms with E-state index in [-0.39, 0.29) is 5.56 Å². The molecule has 0 bridgehead atoms. The average molecular weight is 235 g/mol. The van der Waals surface area contributed by atoms with E-state index in [9.17, 15) is 22.4 Å². The lowest BCUT2D eigenvalue weighted by Crippen LogP contribution is -2.14. The summed E-state index contributed by atoms with van der Waals surface area (Å²) in [6.45, 7) is 2.25. The highest BCUT2D eigenvalue weighted by Gasteiger charge is 2.36. The molecule has 0 aliphatic carbocycles. The molecule has 1 amide bonds. The van der Waals surface area contributed by atoms with E-state index in [1.165, 1.54) is 0 Å². The van der Waals surface area contributed by atoms with Crippen LogP contribution in [-0.4, -0.2) is 5.91 Å². The molecule has 1 N–H and O–H groups in total. The minimum absolute atomic E-state index is 0.223. The van der Waals surface area contributed by atoms with Crippen molar-refractivity contribution in [3.8, 4) is 0 Å². The minimum Gasteiger partial charge on any atom is -0.324 e. The van der Waals surface area contributed by atoms with Crippen molar-refractivity contribution in [3.05, 3.63) is 29.1 Å². The molecule has 1 aromatic rings. The molecule has 0 saturated carbocycles. The van der Waals surface area contributed by atoms with Crippen molar-refractivity contribution in [2.45, 2.75) is 20.0 Å². The van der Waals surface area contributed by atoms with Gasteiger partial charge in [-0.1, -0.05) is 6.07 Å². The van der Waals surface area contributed by atoms with Crippen LogP contribution in [0.1, 0.15) is 18.1 Å². The molecule has 2 nitrogen and oxygen atoms in total. The molecule has 0 aromatic heterocycles. The summed E-state index contributed by atoms with van der Waals surface area (Å²) in [5.41, 5.74) is -2.04. The molecule has 0 radical (unpaired) electrons. The third-order valence-electron chi connectivity index (χ3n) is 1.94. The number of nitrogens with one attached hydrogen (secondary N) is 1. The SMILES string of the molecule is CC(=O)Nc1ccc(C)c(C(F)(F)F)c1F. The highest BCUT2D eigenvalue weighted by Crippen LogP contribution is 2.36. The Hall–Kier alpha value is -1.59. The van der Waals surface area contributed by atoms with Crippen molar-refractivity contribution in [1.29, 1.82) is 0 Å². The van der Waals surface area contributed by atoms with Gasteiger partial charge in [-0.15, -0.1) is 0 Å². The molecule has 0 atom stereocenters. The Morgan fingerprint density at radius 3 is 2.31 bits per heavy atom. The lowest BCUT2D eigenvalue weighted by molar-refractivity contribution is -0.140. The summed E-state index contributed by atoms with van der Waals surface area (Å²) >= 11 is 0. The van der Waals surface area contributed by atoms with Gasteiger partial charge in [0.25, 0.3) is 0 Å². The maximum Gasteiger partial charge on any atom is 0.419 e. The lowest BCUT2D eigenvalue weighted by Gasteiger charge is -2.14. The van der Waals surface area contributed by atoms with Crippen LogP contribution in [0.15, 0.2) is 12.1 Å². The molecule has 6 heteroatoms. The van der Waals surface area contributed by atoms with Crippen LogP contribution in [0.3, 0.4) is 0 Å². The summed E-state index contributed by atoms with van der Waals surface area (Å²) in [7, 11) is 0. The van der Waals surface area contributed by atoms with E-state index in [4.69, 9.17) is 0 Å². The zero-order valence-corrected chi connectivity index (χ0v) is 8.57. The van der Waals surface area contributed by atoms with Crippen molar-refractivity contribution >= 4 is 11.6 Å². The van der Waals surface area contributed by atoms with E-state index in [2.05, 4.69) is 0 Å². The first kappa shape index (κ1) is 12.5. The Morgan fingerprint density at radius 1 is 1.31 bits per heavy atom. The van der Waals surface area contributed by atoms with Crippen molar-refractivity contribution in [3.63, 3.8) is 0 Å². The van der Waals surface area contributed by atoms with Crippen molar-refractivity contribution in [1.82, 2.24) is 0 Å². The zero-order valence-electron chi connectivity index (χ0n) is 8.57.